The lowest BCUT2D eigenvalue weighted by Crippen LogP contribution is -2.28. The van der Waals surface area contributed by atoms with Crippen LogP contribution in [0.15, 0.2) is 0 Å². The summed E-state index contributed by atoms with van der Waals surface area (Å²) in [6, 6.07) is -0.277. The molecule has 4 heteroatoms. The Labute approximate surface area is 116 Å². The molecule has 1 fully saturated rings. The Morgan fingerprint density at radius 3 is 1.89 bits per heavy atom. The van der Waals surface area contributed by atoms with Crippen molar-refractivity contribution < 1.29 is 9.59 Å². The molecule has 1 radical (unpaired) electrons. The van der Waals surface area contributed by atoms with Gasteiger partial charge in [0.15, 0.2) is 0 Å². The summed E-state index contributed by atoms with van der Waals surface area (Å²) in [5.41, 5.74) is 0. The second-order valence-electron chi connectivity index (χ2n) is 5.30. The van der Waals surface area contributed by atoms with E-state index in [0.717, 1.165) is 12.8 Å². The number of urea groups is 1. The molecule has 1 aliphatic rings. The lowest BCUT2D eigenvalue weighted by molar-refractivity contribution is -0.116. The van der Waals surface area contributed by atoms with Crippen molar-refractivity contribution >= 4 is 11.9 Å². The third-order valence-electron chi connectivity index (χ3n) is 3.52. The van der Waals surface area contributed by atoms with Gasteiger partial charge >= 0.3 is 6.03 Å². The van der Waals surface area contributed by atoms with Crippen LogP contribution < -0.4 is 5.32 Å². The third kappa shape index (κ3) is 7.19. The van der Waals surface area contributed by atoms with Crippen LogP contribution in [0.4, 0.5) is 4.79 Å². The predicted molar refractivity (Wildman–Crippen MR) is 76.4 cm³/mol. The summed E-state index contributed by atoms with van der Waals surface area (Å²) in [4.78, 5) is 23.6. The molecule has 109 valence electrons. The van der Waals surface area contributed by atoms with Crippen LogP contribution in [0.5, 0.6) is 0 Å². The van der Waals surface area contributed by atoms with Gasteiger partial charge < -0.3 is 4.90 Å². The molecule has 0 aromatic carbocycles. The summed E-state index contributed by atoms with van der Waals surface area (Å²) in [5.74, 6) is -0.294. The van der Waals surface area contributed by atoms with Gasteiger partial charge in [0.05, 0.1) is 0 Å². The zero-order chi connectivity index (χ0) is 13.9. The topological polar surface area (TPSA) is 49.4 Å². The predicted octanol–water partition coefficient (Wildman–Crippen LogP) is 3.62. The molecule has 1 aliphatic heterocycles. The van der Waals surface area contributed by atoms with Crippen LogP contribution in [0.3, 0.4) is 0 Å². The maximum absolute atomic E-state index is 11.2. The largest absolute Gasteiger partial charge is 0.324 e. The van der Waals surface area contributed by atoms with Crippen molar-refractivity contribution in [3.63, 3.8) is 0 Å². The molecule has 1 heterocycles. The highest BCUT2D eigenvalue weighted by molar-refractivity contribution is 6.05. The third-order valence-corrected chi connectivity index (χ3v) is 3.52. The zero-order valence-electron chi connectivity index (χ0n) is 12.1. The molecular formula is C15H27N2O2. The number of imide groups is 1. The number of nitrogens with zero attached hydrogens (tertiary/aromatic N) is 1. The number of amides is 3. The number of rotatable bonds is 11. The molecule has 0 unspecified atom stereocenters. The van der Waals surface area contributed by atoms with E-state index in [4.69, 9.17) is 0 Å². The normalized spacial score (nSPS) is 15.1. The van der Waals surface area contributed by atoms with Crippen molar-refractivity contribution in [2.24, 2.45) is 0 Å². The summed E-state index contributed by atoms with van der Waals surface area (Å²) in [5, 5.41) is 2.24. The SMILES string of the molecule is CCCCCCCCCCCCN1[CH]C(=O)NC1=O. The average Bonchev–Trinajstić information content (AvgIpc) is 2.70. The Hall–Kier alpha value is -1.06. The Bertz CT molecular complexity index is 279. The molecule has 19 heavy (non-hydrogen) atoms. The van der Waals surface area contributed by atoms with Crippen LogP contribution in [-0.4, -0.2) is 23.4 Å². The smallest absolute Gasteiger partial charge is 0.310 e. The van der Waals surface area contributed by atoms with Gasteiger partial charge in [-0.15, -0.1) is 0 Å². The van der Waals surface area contributed by atoms with E-state index in [-0.39, 0.29) is 11.9 Å². The first-order chi connectivity index (χ1) is 9.24. The first-order valence-corrected chi connectivity index (χ1v) is 7.70. The van der Waals surface area contributed by atoms with Crippen molar-refractivity contribution in [3.8, 4) is 0 Å². The van der Waals surface area contributed by atoms with Crippen LogP contribution in [0.2, 0.25) is 0 Å². The fourth-order valence-electron chi connectivity index (χ4n) is 2.35. The van der Waals surface area contributed by atoms with Gasteiger partial charge in [0, 0.05) is 6.54 Å². The number of hydrogen-bond donors (Lipinski definition) is 1. The van der Waals surface area contributed by atoms with Gasteiger partial charge in [-0.1, -0.05) is 64.7 Å². The number of carbonyl (C=O) groups excluding carboxylic acids is 2. The van der Waals surface area contributed by atoms with E-state index in [1.54, 1.807) is 0 Å². The highest BCUT2D eigenvalue weighted by atomic mass is 16.2. The Morgan fingerprint density at radius 1 is 0.895 bits per heavy atom. The minimum absolute atomic E-state index is 0.277. The molecule has 0 aromatic heterocycles. The van der Waals surface area contributed by atoms with Crippen LogP contribution in [0, 0.1) is 6.54 Å². The van der Waals surface area contributed by atoms with Crippen LogP contribution in [0.25, 0.3) is 0 Å². The quantitative estimate of drug-likeness (QED) is 0.459. The lowest BCUT2D eigenvalue weighted by atomic mass is 10.1. The molecule has 0 bridgehead atoms. The fourth-order valence-corrected chi connectivity index (χ4v) is 2.35. The van der Waals surface area contributed by atoms with Crippen molar-refractivity contribution in [1.29, 1.82) is 0 Å². The van der Waals surface area contributed by atoms with Gasteiger partial charge in [-0.3, -0.25) is 10.1 Å². The van der Waals surface area contributed by atoms with E-state index < -0.39 is 0 Å². The maximum atomic E-state index is 11.2. The van der Waals surface area contributed by atoms with E-state index in [2.05, 4.69) is 12.2 Å². The summed E-state index contributed by atoms with van der Waals surface area (Å²) >= 11 is 0. The average molecular weight is 267 g/mol. The molecule has 4 nitrogen and oxygen atoms in total. The van der Waals surface area contributed by atoms with Crippen LogP contribution in [0.1, 0.15) is 71.1 Å². The lowest BCUT2D eigenvalue weighted by Gasteiger charge is -2.11. The minimum Gasteiger partial charge on any atom is -0.310 e. The number of nitrogens with one attached hydrogen (secondary N) is 1. The molecule has 3 amide bonds. The molecule has 1 N–H and O–H groups in total. The first-order valence-electron chi connectivity index (χ1n) is 7.70. The minimum atomic E-state index is -0.294. The van der Waals surface area contributed by atoms with Crippen molar-refractivity contribution in [3.05, 3.63) is 6.54 Å². The van der Waals surface area contributed by atoms with Crippen molar-refractivity contribution in [2.45, 2.75) is 71.1 Å². The maximum Gasteiger partial charge on any atom is 0.324 e. The second kappa shape index (κ2) is 9.82. The van der Waals surface area contributed by atoms with Gasteiger partial charge in [-0.05, 0) is 6.42 Å². The van der Waals surface area contributed by atoms with Gasteiger partial charge in [0.2, 0.25) is 0 Å². The summed E-state index contributed by atoms with van der Waals surface area (Å²) in [7, 11) is 0. The Morgan fingerprint density at radius 2 is 1.42 bits per heavy atom. The zero-order valence-corrected chi connectivity index (χ0v) is 12.1. The molecule has 0 saturated carbocycles. The van der Waals surface area contributed by atoms with Gasteiger partial charge in [0.1, 0.15) is 6.54 Å². The molecule has 0 spiro atoms. The van der Waals surface area contributed by atoms with Crippen LogP contribution >= 0.6 is 0 Å². The fraction of sp³-hybridized carbons (Fsp3) is 0.800. The molecule has 0 atom stereocenters. The number of unbranched alkanes of at least 4 members (excludes halogenated alkanes) is 9. The van der Waals surface area contributed by atoms with E-state index in [9.17, 15) is 9.59 Å². The van der Waals surface area contributed by atoms with E-state index in [1.807, 2.05) is 0 Å². The van der Waals surface area contributed by atoms with E-state index >= 15 is 0 Å². The molecule has 0 aromatic rings. The highest BCUT2D eigenvalue weighted by Crippen LogP contribution is 2.11. The molecule has 1 rings (SSSR count). The van der Waals surface area contributed by atoms with E-state index in [1.165, 1.54) is 62.8 Å². The molecular weight excluding hydrogens is 240 g/mol. The van der Waals surface area contributed by atoms with Gasteiger partial charge in [-0.25, -0.2) is 4.79 Å². The number of hydrogen-bond acceptors (Lipinski definition) is 2. The second-order valence-corrected chi connectivity index (χ2v) is 5.30. The van der Waals surface area contributed by atoms with Gasteiger partial charge in [-0.2, -0.15) is 0 Å². The Balaban J connectivity index is 1.84. The summed E-state index contributed by atoms with van der Waals surface area (Å²) < 4.78 is 0. The highest BCUT2D eigenvalue weighted by Gasteiger charge is 2.26. The monoisotopic (exact) mass is 267 g/mol. The molecule has 0 aliphatic carbocycles. The number of carbonyl (C=O) groups is 2. The standard InChI is InChI=1S/C15H27N2O2/c1-2-3-4-5-6-7-8-9-10-11-12-17-13-14(18)16-15(17)19/h13H,2-12H2,1H3,(H,16,18,19). The van der Waals surface area contributed by atoms with Crippen LogP contribution in [-0.2, 0) is 4.79 Å². The molecule has 1 saturated heterocycles. The van der Waals surface area contributed by atoms with E-state index in [0.29, 0.717) is 6.54 Å². The first kappa shape index (κ1) is 16.0. The summed E-state index contributed by atoms with van der Waals surface area (Å²) in [6.45, 7) is 4.26. The Kier molecular flexibility index (Phi) is 8.26. The van der Waals surface area contributed by atoms with Gasteiger partial charge in [0.25, 0.3) is 5.91 Å². The van der Waals surface area contributed by atoms with Crippen molar-refractivity contribution in [2.75, 3.05) is 6.54 Å². The summed E-state index contributed by atoms with van der Waals surface area (Å²) in [6.07, 6.45) is 12.8. The van der Waals surface area contributed by atoms with Crippen molar-refractivity contribution in [1.82, 2.24) is 10.2 Å².